The first-order chi connectivity index (χ1) is 8.51. The molecule has 0 unspecified atom stereocenters. The van der Waals surface area contributed by atoms with Crippen LogP contribution in [0.2, 0.25) is 0 Å². The topological polar surface area (TPSA) is 32.3 Å². The summed E-state index contributed by atoms with van der Waals surface area (Å²) in [5.74, 6) is -1.87. The summed E-state index contributed by atoms with van der Waals surface area (Å²) in [4.78, 5) is 13.2. The lowest BCUT2D eigenvalue weighted by Crippen LogP contribution is -2.26. The summed E-state index contributed by atoms with van der Waals surface area (Å²) in [6, 6.07) is 2.13. The Bertz CT molecular complexity index is 412. The quantitative estimate of drug-likeness (QED) is 0.878. The maximum Gasteiger partial charge on any atom is 0.253 e. The summed E-state index contributed by atoms with van der Waals surface area (Å²) < 4.78 is 27.4. The Balaban J connectivity index is 3.02. The van der Waals surface area contributed by atoms with Crippen LogP contribution in [0.1, 0.15) is 30.6 Å². The van der Waals surface area contributed by atoms with Crippen LogP contribution >= 0.6 is 0 Å². The van der Waals surface area contributed by atoms with Crippen LogP contribution in [0.3, 0.4) is 0 Å². The molecule has 100 valence electrons. The van der Waals surface area contributed by atoms with E-state index in [1.807, 2.05) is 6.92 Å². The number of anilines is 1. The fourth-order valence-electron chi connectivity index (χ4n) is 1.48. The van der Waals surface area contributed by atoms with Crippen LogP contribution in [0.4, 0.5) is 14.5 Å². The van der Waals surface area contributed by atoms with Crippen LogP contribution < -0.4 is 5.32 Å². The van der Waals surface area contributed by atoms with Crippen molar-refractivity contribution in [2.75, 3.05) is 25.5 Å². The van der Waals surface area contributed by atoms with E-state index in [1.165, 1.54) is 4.90 Å². The maximum atomic E-state index is 13.7. The van der Waals surface area contributed by atoms with Crippen molar-refractivity contribution in [3.8, 4) is 0 Å². The molecule has 0 radical (unpaired) electrons. The molecule has 18 heavy (non-hydrogen) atoms. The van der Waals surface area contributed by atoms with E-state index in [-0.39, 0.29) is 11.3 Å². The van der Waals surface area contributed by atoms with Gasteiger partial charge in [0.15, 0.2) is 0 Å². The summed E-state index contributed by atoms with van der Waals surface area (Å²) >= 11 is 0. The fourth-order valence-corrected chi connectivity index (χ4v) is 1.48. The van der Waals surface area contributed by atoms with Crippen molar-refractivity contribution in [1.29, 1.82) is 0 Å². The molecule has 0 fully saturated rings. The smallest absolute Gasteiger partial charge is 0.253 e. The van der Waals surface area contributed by atoms with Gasteiger partial charge >= 0.3 is 0 Å². The van der Waals surface area contributed by atoms with E-state index in [9.17, 15) is 13.6 Å². The van der Waals surface area contributed by atoms with Crippen LogP contribution in [0, 0.1) is 11.6 Å². The summed E-state index contributed by atoms with van der Waals surface area (Å²) in [5.41, 5.74) is -0.149. The lowest BCUT2D eigenvalue weighted by atomic mass is 10.1. The third kappa shape index (κ3) is 3.18. The Labute approximate surface area is 106 Å². The van der Waals surface area contributed by atoms with Crippen molar-refractivity contribution in [2.24, 2.45) is 0 Å². The van der Waals surface area contributed by atoms with Crippen molar-refractivity contribution in [3.63, 3.8) is 0 Å². The zero-order valence-corrected chi connectivity index (χ0v) is 10.9. The molecule has 0 aliphatic heterocycles. The Kier molecular flexibility index (Phi) is 5.07. The van der Waals surface area contributed by atoms with E-state index in [4.69, 9.17) is 0 Å². The molecule has 3 nitrogen and oxygen atoms in total. The first-order valence-electron chi connectivity index (χ1n) is 5.99. The zero-order chi connectivity index (χ0) is 13.7. The minimum Gasteiger partial charge on any atom is -0.380 e. The van der Waals surface area contributed by atoms with Crippen molar-refractivity contribution >= 4 is 11.6 Å². The third-order valence-electron chi connectivity index (χ3n) is 2.66. The van der Waals surface area contributed by atoms with Gasteiger partial charge in [-0.1, -0.05) is 6.92 Å². The standard InChI is InChI=1S/C13H18F2N2O/c1-4-6-16-12-10(14)7-9(8-11(12)15)13(18)17(3)5-2/h7-8,16H,4-6H2,1-3H3. The molecule has 0 spiro atoms. The van der Waals surface area contributed by atoms with Crippen molar-refractivity contribution in [2.45, 2.75) is 20.3 Å². The summed E-state index contributed by atoms with van der Waals surface area (Å²) in [5, 5.41) is 2.67. The number of nitrogens with zero attached hydrogens (tertiary/aromatic N) is 1. The van der Waals surface area contributed by atoms with E-state index in [2.05, 4.69) is 5.32 Å². The largest absolute Gasteiger partial charge is 0.380 e. The molecule has 1 aromatic carbocycles. The lowest BCUT2D eigenvalue weighted by molar-refractivity contribution is 0.0801. The van der Waals surface area contributed by atoms with Gasteiger partial charge in [-0.25, -0.2) is 8.78 Å². The third-order valence-corrected chi connectivity index (χ3v) is 2.66. The predicted molar refractivity (Wildman–Crippen MR) is 67.8 cm³/mol. The molecular weight excluding hydrogens is 238 g/mol. The van der Waals surface area contributed by atoms with Gasteiger partial charge in [0.1, 0.15) is 17.3 Å². The van der Waals surface area contributed by atoms with Crippen LogP contribution in [0.5, 0.6) is 0 Å². The molecule has 0 bridgehead atoms. The predicted octanol–water partition coefficient (Wildman–Crippen LogP) is 2.88. The molecule has 1 rings (SSSR count). The monoisotopic (exact) mass is 256 g/mol. The number of benzene rings is 1. The molecule has 1 N–H and O–H groups in total. The van der Waals surface area contributed by atoms with Gasteiger partial charge < -0.3 is 10.2 Å². The fraction of sp³-hybridized carbons (Fsp3) is 0.462. The molecule has 1 amide bonds. The molecule has 0 saturated heterocycles. The van der Waals surface area contributed by atoms with Gasteiger partial charge in [-0.2, -0.15) is 0 Å². The SMILES string of the molecule is CCCNc1c(F)cc(C(=O)N(C)CC)cc1F. The highest BCUT2D eigenvalue weighted by molar-refractivity contribution is 5.94. The maximum absolute atomic E-state index is 13.7. The van der Waals surface area contributed by atoms with Gasteiger partial charge in [0.25, 0.3) is 5.91 Å². The molecule has 5 heteroatoms. The van der Waals surface area contributed by atoms with Crippen molar-refractivity contribution in [3.05, 3.63) is 29.3 Å². The van der Waals surface area contributed by atoms with Crippen LogP contribution in [-0.2, 0) is 0 Å². The first-order valence-corrected chi connectivity index (χ1v) is 5.99. The molecule has 0 aliphatic rings. The number of carbonyl (C=O) groups is 1. The van der Waals surface area contributed by atoms with Gasteiger partial charge in [0.2, 0.25) is 0 Å². The summed E-state index contributed by atoms with van der Waals surface area (Å²) in [7, 11) is 1.58. The highest BCUT2D eigenvalue weighted by Gasteiger charge is 2.16. The number of rotatable bonds is 5. The normalized spacial score (nSPS) is 10.3. The van der Waals surface area contributed by atoms with E-state index in [1.54, 1.807) is 14.0 Å². The highest BCUT2D eigenvalue weighted by atomic mass is 19.1. The average molecular weight is 256 g/mol. The van der Waals surface area contributed by atoms with Gasteiger partial charge in [0, 0.05) is 25.7 Å². The van der Waals surface area contributed by atoms with E-state index < -0.39 is 17.5 Å². The van der Waals surface area contributed by atoms with Gasteiger partial charge in [0.05, 0.1) is 0 Å². The van der Waals surface area contributed by atoms with E-state index in [0.29, 0.717) is 13.1 Å². The second-order valence-corrected chi connectivity index (χ2v) is 4.06. The molecule has 0 aromatic heterocycles. The molecule has 1 aromatic rings. The molecule has 0 aliphatic carbocycles. The van der Waals surface area contributed by atoms with E-state index >= 15 is 0 Å². The Morgan fingerprint density at radius 1 is 1.28 bits per heavy atom. The van der Waals surface area contributed by atoms with Crippen LogP contribution in [-0.4, -0.2) is 30.9 Å². The Morgan fingerprint density at radius 2 is 1.83 bits per heavy atom. The minimum atomic E-state index is -0.740. The lowest BCUT2D eigenvalue weighted by Gasteiger charge is -2.15. The van der Waals surface area contributed by atoms with Gasteiger partial charge in [-0.05, 0) is 25.5 Å². The van der Waals surface area contributed by atoms with Crippen molar-refractivity contribution in [1.82, 2.24) is 4.90 Å². The Hall–Kier alpha value is -1.65. The van der Waals surface area contributed by atoms with Crippen LogP contribution in [0.25, 0.3) is 0 Å². The molecule has 0 saturated carbocycles. The Morgan fingerprint density at radius 3 is 2.28 bits per heavy atom. The van der Waals surface area contributed by atoms with Crippen LogP contribution in [0.15, 0.2) is 12.1 Å². The van der Waals surface area contributed by atoms with Gasteiger partial charge in [-0.3, -0.25) is 4.79 Å². The first kappa shape index (κ1) is 14.4. The number of nitrogens with one attached hydrogen (secondary N) is 1. The zero-order valence-electron chi connectivity index (χ0n) is 10.9. The minimum absolute atomic E-state index is 0.0244. The highest BCUT2D eigenvalue weighted by Crippen LogP contribution is 2.21. The van der Waals surface area contributed by atoms with E-state index in [0.717, 1.165) is 18.6 Å². The van der Waals surface area contributed by atoms with Crippen molar-refractivity contribution < 1.29 is 13.6 Å². The number of carbonyl (C=O) groups excluding carboxylic acids is 1. The summed E-state index contributed by atoms with van der Waals surface area (Å²) in [6.07, 6.45) is 0.762. The number of halogens is 2. The molecule has 0 atom stereocenters. The molecular formula is C13H18F2N2O. The molecule has 0 heterocycles. The average Bonchev–Trinajstić information content (AvgIpc) is 2.35. The summed E-state index contributed by atoms with van der Waals surface area (Å²) in [6.45, 7) is 4.66. The number of hydrogen-bond donors (Lipinski definition) is 1. The second kappa shape index (κ2) is 6.33. The second-order valence-electron chi connectivity index (χ2n) is 4.06. The number of amides is 1. The number of hydrogen-bond acceptors (Lipinski definition) is 2. The van der Waals surface area contributed by atoms with Gasteiger partial charge in [-0.15, -0.1) is 0 Å².